The third kappa shape index (κ3) is 5.22. The second-order valence-corrected chi connectivity index (χ2v) is 11.0. The van der Waals surface area contributed by atoms with E-state index in [0.29, 0.717) is 0 Å². The summed E-state index contributed by atoms with van der Waals surface area (Å²) in [7, 11) is 0. The van der Waals surface area contributed by atoms with Crippen LogP contribution in [0, 0.1) is 0 Å². The Morgan fingerprint density at radius 1 is 0.350 bits per heavy atom. The standard InChI is InChI=1S/C32H26N6S2/c1-9-25-10-2-21(1)17-33-18-22-3-13-27(14-4-22)31-32(38-40-37-31)28-15-7-24(8-16-28)20-34-19-23-5-11-26(12-6-23)30-29(25)35-39-36-30/h1-16,33-34H,17-20H2. The van der Waals surface area contributed by atoms with E-state index < -0.39 is 0 Å². The average Bonchev–Trinajstić information content (AvgIpc) is 3.69. The van der Waals surface area contributed by atoms with Crippen LogP contribution in [-0.4, -0.2) is 17.5 Å². The summed E-state index contributed by atoms with van der Waals surface area (Å²) in [4.78, 5) is 0. The van der Waals surface area contributed by atoms with Gasteiger partial charge in [0, 0.05) is 48.4 Å². The van der Waals surface area contributed by atoms with Crippen molar-refractivity contribution < 1.29 is 0 Å². The van der Waals surface area contributed by atoms with Crippen LogP contribution in [0.2, 0.25) is 0 Å². The van der Waals surface area contributed by atoms with E-state index in [-0.39, 0.29) is 0 Å². The maximum absolute atomic E-state index is 4.62. The molecular weight excluding hydrogens is 533 g/mol. The molecule has 10 aliphatic heterocycles. The van der Waals surface area contributed by atoms with Gasteiger partial charge in [0.15, 0.2) is 0 Å². The maximum atomic E-state index is 4.62. The lowest BCUT2D eigenvalue weighted by Gasteiger charge is -2.09. The van der Waals surface area contributed by atoms with Gasteiger partial charge in [0.2, 0.25) is 0 Å². The van der Waals surface area contributed by atoms with Crippen molar-refractivity contribution in [2.45, 2.75) is 26.2 Å². The van der Waals surface area contributed by atoms with Crippen molar-refractivity contribution >= 4 is 23.5 Å². The lowest BCUT2D eigenvalue weighted by atomic mass is 10.0. The summed E-state index contributed by atoms with van der Waals surface area (Å²) in [6.45, 7) is 3.15. The van der Waals surface area contributed by atoms with Crippen molar-refractivity contribution in [1.82, 2.24) is 28.1 Å². The van der Waals surface area contributed by atoms with Crippen LogP contribution >= 0.6 is 23.5 Å². The topological polar surface area (TPSA) is 75.6 Å². The van der Waals surface area contributed by atoms with Crippen LogP contribution in [0.4, 0.5) is 0 Å². The van der Waals surface area contributed by atoms with E-state index in [4.69, 9.17) is 0 Å². The van der Waals surface area contributed by atoms with E-state index in [1.807, 2.05) is 0 Å². The van der Waals surface area contributed by atoms with Crippen LogP contribution in [0.3, 0.4) is 0 Å². The second-order valence-electron chi connectivity index (χ2n) is 9.92. The SMILES string of the molecule is c1cc2ccc1CNCc1ccc(cc1)-c1nsnc1-c1ccc(cc1)CNCc1ccc(cc1)-c1nsnc1-2. The minimum absolute atomic E-state index is 0.788. The first-order valence-corrected chi connectivity index (χ1v) is 14.7. The number of benzene rings is 4. The molecule has 2 N–H and O–H groups in total. The molecule has 0 atom stereocenters. The third-order valence-corrected chi connectivity index (χ3v) is 8.26. The van der Waals surface area contributed by atoms with Gasteiger partial charge in [-0.15, -0.1) is 0 Å². The van der Waals surface area contributed by atoms with Gasteiger partial charge >= 0.3 is 0 Å². The fraction of sp³-hybridized carbons (Fsp3) is 0.125. The molecule has 0 unspecified atom stereocenters. The van der Waals surface area contributed by atoms with Gasteiger partial charge < -0.3 is 10.6 Å². The van der Waals surface area contributed by atoms with Gasteiger partial charge in [-0.05, 0) is 22.3 Å². The molecule has 6 aromatic rings. The van der Waals surface area contributed by atoms with Crippen LogP contribution in [0.5, 0.6) is 0 Å². The lowest BCUT2D eigenvalue weighted by Crippen LogP contribution is -2.12. The summed E-state index contributed by atoms with van der Waals surface area (Å²) >= 11 is 2.52. The van der Waals surface area contributed by atoms with Crippen molar-refractivity contribution in [2.75, 3.05) is 0 Å². The maximum Gasteiger partial charge on any atom is 0.112 e. The third-order valence-electron chi connectivity index (χ3n) is 7.20. The minimum atomic E-state index is 0.788. The Morgan fingerprint density at radius 3 is 0.800 bits per heavy atom. The van der Waals surface area contributed by atoms with Crippen molar-refractivity contribution in [3.63, 3.8) is 0 Å². The van der Waals surface area contributed by atoms with Crippen LogP contribution in [0.1, 0.15) is 22.3 Å². The zero-order chi connectivity index (χ0) is 26.7. The molecule has 0 aliphatic carbocycles. The van der Waals surface area contributed by atoms with E-state index >= 15 is 0 Å². The molecule has 12 heterocycles. The Kier molecular flexibility index (Phi) is 6.97. The van der Waals surface area contributed by atoms with Crippen LogP contribution in [0.25, 0.3) is 45.0 Å². The Labute approximate surface area is 241 Å². The molecule has 16 rings (SSSR count). The van der Waals surface area contributed by atoms with Crippen molar-refractivity contribution in [2.24, 2.45) is 0 Å². The molecule has 196 valence electrons. The molecule has 0 spiro atoms. The summed E-state index contributed by atoms with van der Waals surface area (Å²) in [5, 5.41) is 7.13. The van der Waals surface area contributed by atoms with E-state index in [9.17, 15) is 0 Å². The summed E-state index contributed by atoms with van der Waals surface area (Å²) in [5.74, 6) is 0. The van der Waals surface area contributed by atoms with E-state index in [1.54, 1.807) is 0 Å². The van der Waals surface area contributed by atoms with Crippen LogP contribution < -0.4 is 10.6 Å². The predicted molar refractivity (Wildman–Crippen MR) is 163 cm³/mol. The summed E-state index contributed by atoms with van der Waals surface area (Å²) in [6.07, 6.45) is 0. The van der Waals surface area contributed by atoms with Gasteiger partial charge in [-0.2, -0.15) is 17.5 Å². The first kappa shape index (κ1) is 24.9. The van der Waals surface area contributed by atoms with E-state index in [0.717, 1.165) is 71.2 Å². The van der Waals surface area contributed by atoms with Crippen molar-refractivity contribution in [3.05, 3.63) is 119 Å². The fourth-order valence-electron chi connectivity index (χ4n) is 4.96. The molecule has 0 amide bonds. The highest BCUT2D eigenvalue weighted by Gasteiger charge is 2.14. The molecule has 0 fully saturated rings. The van der Waals surface area contributed by atoms with Gasteiger partial charge in [0.25, 0.3) is 0 Å². The second kappa shape index (κ2) is 11.2. The highest BCUT2D eigenvalue weighted by molar-refractivity contribution is 6.99. The zero-order valence-electron chi connectivity index (χ0n) is 21.7. The fourth-order valence-corrected chi connectivity index (χ4v) is 6.13. The smallest absolute Gasteiger partial charge is 0.112 e. The van der Waals surface area contributed by atoms with Crippen LogP contribution in [-0.2, 0) is 26.2 Å². The van der Waals surface area contributed by atoms with Gasteiger partial charge in [-0.3, -0.25) is 0 Å². The normalized spacial score (nSPS) is 13.4. The molecule has 4 aromatic carbocycles. The highest BCUT2D eigenvalue weighted by Crippen LogP contribution is 2.32. The molecule has 10 aliphatic rings. The summed E-state index contributed by atoms with van der Waals surface area (Å²) in [6, 6.07) is 34.4. The van der Waals surface area contributed by atoms with Crippen molar-refractivity contribution in [3.8, 4) is 45.0 Å². The van der Waals surface area contributed by atoms with Gasteiger partial charge in [-0.25, -0.2) is 0 Å². The van der Waals surface area contributed by atoms with Gasteiger partial charge in [0.1, 0.15) is 22.8 Å². The monoisotopic (exact) mass is 558 g/mol. The lowest BCUT2D eigenvalue weighted by molar-refractivity contribution is 0.693. The summed E-state index contributed by atoms with van der Waals surface area (Å²) in [5.41, 5.74) is 13.0. The number of nitrogens with zero attached hydrogens (tertiary/aromatic N) is 4. The molecule has 40 heavy (non-hydrogen) atoms. The molecule has 6 nitrogen and oxygen atoms in total. The Balaban J connectivity index is 1.19. The Bertz CT molecular complexity index is 1470. The van der Waals surface area contributed by atoms with E-state index in [2.05, 4.69) is 125 Å². The number of nitrogens with one attached hydrogen (secondary N) is 2. The molecule has 0 radical (unpaired) electrons. The van der Waals surface area contributed by atoms with Gasteiger partial charge in [-0.1, -0.05) is 97.1 Å². The number of hydrogen-bond acceptors (Lipinski definition) is 8. The first-order chi connectivity index (χ1) is 19.8. The summed E-state index contributed by atoms with van der Waals surface area (Å²) < 4.78 is 18.5. The zero-order valence-corrected chi connectivity index (χ0v) is 23.3. The van der Waals surface area contributed by atoms with Crippen LogP contribution in [0.15, 0.2) is 97.1 Å². The average molecular weight is 559 g/mol. The molecule has 0 saturated carbocycles. The minimum Gasteiger partial charge on any atom is -0.309 e. The number of aromatic nitrogens is 4. The van der Waals surface area contributed by atoms with E-state index in [1.165, 1.54) is 45.7 Å². The van der Waals surface area contributed by atoms with Gasteiger partial charge in [0.05, 0.1) is 23.5 Å². The first-order valence-electron chi connectivity index (χ1n) is 13.2. The molecule has 0 saturated heterocycles. The number of rotatable bonds is 0. The molecular formula is C32H26N6S2. The largest absolute Gasteiger partial charge is 0.309 e. The molecule has 2 aromatic heterocycles. The Morgan fingerprint density at radius 2 is 0.575 bits per heavy atom. The quantitative estimate of drug-likeness (QED) is 0.210. The number of hydrogen-bond donors (Lipinski definition) is 2. The van der Waals surface area contributed by atoms with Crippen molar-refractivity contribution in [1.29, 1.82) is 0 Å². The predicted octanol–water partition coefficient (Wildman–Crippen LogP) is 6.95. The Hall–Kier alpha value is -4.08. The molecule has 8 heteroatoms. The highest BCUT2D eigenvalue weighted by atomic mass is 32.1. The molecule has 8 bridgehead atoms.